The quantitative estimate of drug-likeness (QED) is 0.257. The maximum absolute atomic E-state index is 12.4. The lowest BCUT2D eigenvalue weighted by atomic mass is 10.0. The van der Waals surface area contributed by atoms with Crippen LogP contribution in [0.3, 0.4) is 0 Å². The summed E-state index contributed by atoms with van der Waals surface area (Å²) in [5, 5.41) is 26.8. The number of ether oxygens (including phenoxy) is 2. The number of carbonyl (C=O) groups is 1. The summed E-state index contributed by atoms with van der Waals surface area (Å²) in [5.74, 6) is -0.547. The van der Waals surface area contributed by atoms with Crippen molar-refractivity contribution < 1.29 is 24.5 Å². The number of likely N-dealkylation sites (N-methyl/N-ethyl adjacent to an activating group) is 1. The van der Waals surface area contributed by atoms with E-state index in [0.29, 0.717) is 29.1 Å². The van der Waals surface area contributed by atoms with Gasteiger partial charge in [0.05, 0.1) is 17.8 Å². The Morgan fingerprint density at radius 1 is 1.27 bits per heavy atom. The standard InChI is InChI=1S/C21H24N4O6.2ClH/c1-22-4-5-23-10-12-7-11-8-14-16(9-15(11)25(12)2)30-6-3-13-17(14)24-20(27)19(18(13)26)31-21(28)29;;/h7-9,22-23H,3-6,10H2,1-2H3,(H,28,29)(H2,24,26,27);2*1H. The van der Waals surface area contributed by atoms with Gasteiger partial charge in [-0.05, 0) is 19.2 Å². The maximum atomic E-state index is 12.4. The molecule has 2 aromatic heterocycles. The number of nitrogens with zero attached hydrogens (tertiary/aromatic N) is 1. The third kappa shape index (κ3) is 5.03. The zero-order valence-corrected chi connectivity index (χ0v) is 19.7. The molecule has 0 spiro atoms. The van der Waals surface area contributed by atoms with Crippen molar-refractivity contribution in [2.45, 2.75) is 13.0 Å². The lowest BCUT2D eigenvalue weighted by molar-refractivity contribution is 0.142. The second-order valence-corrected chi connectivity index (χ2v) is 7.33. The molecule has 180 valence electrons. The predicted octanol–water partition coefficient (Wildman–Crippen LogP) is 2.38. The van der Waals surface area contributed by atoms with Crippen molar-refractivity contribution in [1.82, 2.24) is 20.2 Å². The molecule has 1 aliphatic heterocycles. The number of rotatable bonds is 6. The molecule has 0 saturated heterocycles. The highest BCUT2D eigenvalue weighted by Crippen LogP contribution is 2.41. The largest absolute Gasteiger partial charge is 0.511 e. The van der Waals surface area contributed by atoms with Gasteiger partial charge in [0.2, 0.25) is 5.75 Å². The first-order valence-electron chi connectivity index (χ1n) is 9.90. The molecular weight excluding hydrogens is 475 g/mol. The number of aryl methyl sites for hydroxylation is 1. The van der Waals surface area contributed by atoms with Crippen LogP contribution < -0.4 is 25.7 Å². The van der Waals surface area contributed by atoms with Gasteiger partial charge in [-0.3, -0.25) is 4.79 Å². The summed E-state index contributed by atoms with van der Waals surface area (Å²) in [4.78, 5) is 25.9. The van der Waals surface area contributed by atoms with Gasteiger partial charge >= 0.3 is 6.16 Å². The Morgan fingerprint density at radius 2 is 2.03 bits per heavy atom. The molecule has 1 aromatic carbocycles. The summed E-state index contributed by atoms with van der Waals surface area (Å²) in [6, 6.07) is 5.87. The molecule has 0 amide bonds. The van der Waals surface area contributed by atoms with Gasteiger partial charge in [-0.25, -0.2) is 4.79 Å². The second-order valence-electron chi connectivity index (χ2n) is 7.33. The molecule has 0 fully saturated rings. The minimum atomic E-state index is -1.67. The first-order chi connectivity index (χ1) is 14.9. The number of aromatic amines is 1. The topological polar surface area (TPSA) is 138 Å². The van der Waals surface area contributed by atoms with E-state index in [1.165, 1.54) is 0 Å². The fraction of sp³-hybridized carbons (Fsp3) is 0.333. The smallest absolute Gasteiger partial charge is 0.504 e. The summed E-state index contributed by atoms with van der Waals surface area (Å²) < 4.78 is 12.5. The van der Waals surface area contributed by atoms with Crippen LogP contribution in [0.4, 0.5) is 4.79 Å². The van der Waals surface area contributed by atoms with Crippen molar-refractivity contribution in [3.05, 3.63) is 39.8 Å². The van der Waals surface area contributed by atoms with Crippen LogP contribution in [-0.2, 0) is 20.0 Å². The monoisotopic (exact) mass is 500 g/mol. The SMILES string of the molecule is CNCCNCc1cc2cc3c(cc2n1C)OCCc1c-3[nH]c(=O)c(OC(=O)O)c1O.Cl.Cl. The number of nitrogens with one attached hydrogen (secondary N) is 3. The number of halogens is 2. The number of hydrogen-bond acceptors (Lipinski definition) is 7. The lowest BCUT2D eigenvalue weighted by Crippen LogP contribution is -2.25. The van der Waals surface area contributed by atoms with E-state index in [9.17, 15) is 14.7 Å². The molecule has 5 N–H and O–H groups in total. The van der Waals surface area contributed by atoms with Gasteiger partial charge in [-0.15, -0.1) is 24.8 Å². The zero-order valence-electron chi connectivity index (χ0n) is 18.1. The van der Waals surface area contributed by atoms with E-state index in [4.69, 9.17) is 9.84 Å². The van der Waals surface area contributed by atoms with Crippen molar-refractivity contribution in [2.75, 3.05) is 26.7 Å². The fourth-order valence-corrected chi connectivity index (χ4v) is 3.86. The molecule has 0 bridgehead atoms. The number of hydrogen-bond donors (Lipinski definition) is 5. The Balaban J connectivity index is 0.00000193. The van der Waals surface area contributed by atoms with Crippen LogP contribution in [0.15, 0.2) is 23.0 Å². The number of carboxylic acid groups (broad SMARTS) is 1. The minimum absolute atomic E-state index is 0. The summed E-state index contributed by atoms with van der Waals surface area (Å²) in [6.07, 6.45) is -1.40. The van der Waals surface area contributed by atoms with E-state index < -0.39 is 23.2 Å². The first kappa shape index (κ1) is 26.3. The third-order valence-electron chi connectivity index (χ3n) is 5.42. The summed E-state index contributed by atoms with van der Waals surface area (Å²) in [5.41, 5.74) is 2.63. The number of fused-ring (bicyclic) bond motifs is 4. The molecule has 0 unspecified atom stereocenters. The summed E-state index contributed by atoms with van der Waals surface area (Å²) in [6.45, 7) is 2.66. The van der Waals surface area contributed by atoms with Crippen LogP contribution in [0.25, 0.3) is 22.2 Å². The molecule has 0 aliphatic carbocycles. The number of H-pyrrole nitrogens is 1. The van der Waals surface area contributed by atoms with Gasteiger partial charge in [0, 0.05) is 61.4 Å². The molecule has 0 saturated carbocycles. The van der Waals surface area contributed by atoms with Gasteiger partial charge in [-0.2, -0.15) is 0 Å². The number of aromatic hydroxyl groups is 1. The Kier molecular flexibility index (Phi) is 8.62. The maximum Gasteiger partial charge on any atom is 0.511 e. The van der Waals surface area contributed by atoms with Gasteiger partial charge in [0.25, 0.3) is 5.56 Å². The molecule has 4 rings (SSSR count). The lowest BCUT2D eigenvalue weighted by Gasteiger charge is -2.12. The molecule has 12 heteroatoms. The highest BCUT2D eigenvalue weighted by Gasteiger charge is 2.26. The van der Waals surface area contributed by atoms with E-state index in [1.807, 2.05) is 26.2 Å². The van der Waals surface area contributed by atoms with E-state index >= 15 is 0 Å². The van der Waals surface area contributed by atoms with Crippen molar-refractivity contribution in [3.8, 4) is 28.5 Å². The normalized spacial score (nSPS) is 11.9. The highest BCUT2D eigenvalue weighted by molar-refractivity contribution is 5.90. The van der Waals surface area contributed by atoms with Crippen LogP contribution in [0.1, 0.15) is 11.3 Å². The van der Waals surface area contributed by atoms with Crippen LogP contribution in [-0.4, -0.2) is 52.7 Å². The van der Waals surface area contributed by atoms with Gasteiger partial charge in [0.1, 0.15) is 5.75 Å². The van der Waals surface area contributed by atoms with Crippen molar-refractivity contribution >= 4 is 41.9 Å². The molecule has 10 nitrogen and oxygen atoms in total. The zero-order chi connectivity index (χ0) is 22.1. The van der Waals surface area contributed by atoms with E-state index in [-0.39, 0.29) is 37.8 Å². The van der Waals surface area contributed by atoms with E-state index in [2.05, 4.69) is 31.0 Å². The van der Waals surface area contributed by atoms with Crippen LogP contribution in [0, 0.1) is 0 Å². The average Bonchev–Trinajstić information content (AvgIpc) is 2.92. The Morgan fingerprint density at radius 3 is 2.73 bits per heavy atom. The van der Waals surface area contributed by atoms with Crippen LogP contribution in [0.2, 0.25) is 0 Å². The molecule has 3 aromatic rings. The Hall–Kier alpha value is -2.92. The first-order valence-corrected chi connectivity index (χ1v) is 9.90. The summed E-state index contributed by atoms with van der Waals surface area (Å²) >= 11 is 0. The third-order valence-corrected chi connectivity index (χ3v) is 5.42. The van der Waals surface area contributed by atoms with Gasteiger partial charge < -0.3 is 39.9 Å². The van der Waals surface area contributed by atoms with Crippen LogP contribution >= 0.6 is 24.8 Å². The Labute approximate surface area is 201 Å². The Bertz CT molecular complexity index is 1220. The molecule has 0 radical (unpaired) electrons. The second kappa shape index (κ2) is 10.8. The number of aromatic nitrogens is 2. The highest BCUT2D eigenvalue weighted by atomic mass is 35.5. The fourth-order valence-electron chi connectivity index (χ4n) is 3.86. The van der Waals surface area contributed by atoms with Crippen molar-refractivity contribution in [3.63, 3.8) is 0 Å². The molecule has 33 heavy (non-hydrogen) atoms. The minimum Gasteiger partial charge on any atom is -0.504 e. The van der Waals surface area contributed by atoms with Gasteiger partial charge in [0.15, 0.2) is 5.75 Å². The number of benzene rings is 1. The predicted molar refractivity (Wildman–Crippen MR) is 129 cm³/mol. The van der Waals surface area contributed by atoms with Gasteiger partial charge in [-0.1, -0.05) is 0 Å². The van der Waals surface area contributed by atoms with E-state index in [1.54, 1.807) is 0 Å². The molecule has 1 aliphatic rings. The molecule has 0 atom stereocenters. The molecule has 3 heterocycles. The molecular formula is C21H26Cl2N4O6. The average molecular weight is 501 g/mol. The van der Waals surface area contributed by atoms with E-state index in [0.717, 1.165) is 29.7 Å². The van der Waals surface area contributed by atoms with Crippen LogP contribution in [0.5, 0.6) is 17.2 Å². The van der Waals surface area contributed by atoms with Crippen molar-refractivity contribution in [1.29, 1.82) is 0 Å². The van der Waals surface area contributed by atoms with Crippen molar-refractivity contribution in [2.24, 2.45) is 7.05 Å². The summed E-state index contributed by atoms with van der Waals surface area (Å²) in [7, 11) is 3.89. The number of pyridine rings is 1.